The molecule has 0 fully saturated rings. The fourth-order valence-electron chi connectivity index (χ4n) is 2.94. The molecule has 4 aromatic rings. The summed E-state index contributed by atoms with van der Waals surface area (Å²) in [5.41, 5.74) is 2.07. The third-order valence-electron chi connectivity index (χ3n) is 4.39. The van der Waals surface area contributed by atoms with E-state index in [0.29, 0.717) is 15.7 Å². The predicted octanol–water partition coefficient (Wildman–Crippen LogP) is 5.59. The van der Waals surface area contributed by atoms with Gasteiger partial charge >= 0.3 is 10.3 Å². The molecule has 1 amide bonds. The number of aromatic nitrogens is 1. The molecule has 0 atom stereocenters. The summed E-state index contributed by atoms with van der Waals surface area (Å²) in [6.45, 7) is 0.188. The second kappa shape index (κ2) is 9.39. The van der Waals surface area contributed by atoms with Gasteiger partial charge in [-0.25, -0.2) is 4.98 Å². The van der Waals surface area contributed by atoms with Gasteiger partial charge in [0, 0.05) is 5.38 Å². The zero-order valence-electron chi connectivity index (χ0n) is 16.3. The van der Waals surface area contributed by atoms with Gasteiger partial charge in [-0.1, -0.05) is 41.9 Å². The molecule has 4 rings (SSSR count). The van der Waals surface area contributed by atoms with Crippen LogP contribution in [-0.2, 0) is 16.8 Å². The molecule has 0 saturated heterocycles. The van der Waals surface area contributed by atoms with E-state index in [-0.39, 0.29) is 18.1 Å². The lowest BCUT2D eigenvalue weighted by atomic mass is 10.1. The Kier molecular flexibility index (Phi) is 6.58. The summed E-state index contributed by atoms with van der Waals surface area (Å²) in [5, 5.41) is 4.71. The highest BCUT2D eigenvalue weighted by molar-refractivity contribution is 7.87. The number of nitrogens with one attached hydrogen (secondary N) is 1. The van der Waals surface area contributed by atoms with Gasteiger partial charge in [0.25, 0.3) is 5.91 Å². The van der Waals surface area contributed by atoms with E-state index in [1.807, 2.05) is 27.6 Å². The summed E-state index contributed by atoms with van der Waals surface area (Å²) in [6.07, 6.45) is 0. The van der Waals surface area contributed by atoms with Gasteiger partial charge < -0.3 is 0 Å². The number of carbonyl (C=O) groups excluding carboxylic acids is 1. The maximum atomic E-state index is 13.4. The summed E-state index contributed by atoms with van der Waals surface area (Å²) in [4.78, 5) is 20.6. The Labute approximate surface area is 197 Å². The van der Waals surface area contributed by atoms with Gasteiger partial charge in [-0.15, -0.1) is 22.7 Å². The first-order valence-corrected chi connectivity index (χ1v) is 12.8. The van der Waals surface area contributed by atoms with Crippen molar-refractivity contribution in [1.29, 1.82) is 0 Å². The number of hydrogen-bond donors (Lipinski definition) is 2. The molecule has 0 spiro atoms. The van der Waals surface area contributed by atoms with E-state index in [1.54, 1.807) is 47.7 Å². The first-order chi connectivity index (χ1) is 15.3. The van der Waals surface area contributed by atoms with Crippen LogP contribution < -0.4 is 9.62 Å². The number of carbonyl (C=O) groups is 1. The minimum absolute atomic E-state index is 0.188. The molecule has 0 unspecified atom stereocenters. The minimum atomic E-state index is -4.37. The maximum absolute atomic E-state index is 13.4. The fourth-order valence-corrected chi connectivity index (χ4v) is 5.18. The van der Waals surface area contributed by atoms with Crippen LogP contribution in [0.15, 0.2) is 71.4 Å². The van der Waals surface area contributed by atoms with Crippen LogP contribution in [0, 0.1) is 0 Å². The van der Waals surface area contributed by atoms with Gasteiger partial charge in [-0.3, -0.25) is 19.0 Å². The van der Waals surface area contributed by atoms with Crippen molar-refractivity contribution in [2.24, 2.45) is 0 Å². The number of benzene rings is 2. The second-order valence-electron chi connectivity index (χ2n) is 6.64. The lowest BCUT2D eigenvalue weighted by Crippen LogP contribution is -2.30. The molecule has 2 heterocycles. The van der Waals surface area contributed by atoms with Crippen molar-refractivity contribution < 1.29 is 17.8 Å². The Hall–Kier alpha value is -2.76. The molecule has 2 aromatic heterocycles. The molecule has 32 heavy (non-hydrogen) atoms. The van der Waals surface area contributed by atoms with Crippen LogP contribution in [-0.4, -0.2) is 23.9 Å². The van der Waals surface area contributed by atoms with Crippen LogP contribution in [0.1, 0.15) is 15.9 Å². The van der Waals surface area contributed by atoms with Crippen LogP contribution in [0.25, 0.3) is 10.6 Å². The summed E-state index contributed by atoms with van der Waals surface area (Å²) >= 11 is 9.18. The van der Waals surface area contributed by atoms with Crippen molar-refractivity contribution in [3.63, 3.8) is 0 Å². The topological polar surface area (TPSA) is 99.6 Å². The Morgan fingerprint density at radius 2 is 1.81 bits per heavy atom. The van der Waals surface area contributed by atoms with E-state index >= 15 is 0 Å². The highest BCUT2D eigenvalue weighted by atomic mass is 35.5. The van der Waals surface area contributed by atoms with Crippen molar-refractivity contribution in [1.82, 2.24) is 4.98 Å². The van der Waals surface area contributed by atoms with E-state index in [0.717, 1.165) is 16.1 Å². The van der Waals surface area contributed by atoms with E-state index < -0.39 is 10.3 Å². The fraction of sp³-hybridized carbons (Fsp3) is 0.0476. The van der Waals surface area contributed by atoms with Crippen molar-refractivity contribution in [3.8, 4) is 10.6 Å². The number of rotatable bonds is 7. The number of halogens is 1. The van der Waals surface area contributed by atoms with Crippen molar-refractivity contribution in [2.45, 2.75) is 6.54 Å². The molecule has 0 radical (unpaired) electrons. The molecule has 0 aliphatic rings. The molecule has 2 N–H and O–H groups in total. The average molecular weight is 506 g/mol. The maximum Gasteiger partial charge on any atom is 0.357 e. The molecule has 2 aromatic carbocycles. The quantitative estimate of drug-likeness (QED) is 0.319. The lowest BCUT2D eigenvalue weighted by molar-refractivity contribution is 0.0985. The highest BCUT2D eigenvalue weighted by Crippen LogP contribution is 2.32. The number of anilines is 2. The van der Waals surface area contributed by atoms with Crippen LogP contribution in [0.3, 0.4) is 0 Å². The summed E-state index contributed by atoms with van der Waals surface area (Å²) in [6, 6.07) is 17.0. The lowest BCUT2D eigenvalue weighted by Gasteiger charge is -2.21. The zero-order valence-corrected chi connectivity index (χ0v) is 19.5. The molecule has 164 valence electrons. The second-order valence-corrected chi connectivity index (χ2v) is 9.98. The summed E-state index contributed by atoms with van der Waals surface area (Å²) in [7, 11) is -4.37. The van der Waals surface area contributed by atoms with E-state index in [4.69, 9.17) is 16.2 Å². The molecular weight excluding hydrogens is 490 g/mol. The first-order valence-electron chi connectivity index (χ1n) is 9.20. The number of thiophene rings is 1. The van der Waals surface area contributed by atoms with Gasteiger partial charge in [0.05, 0.1) is 33.4 Å². The van der Waals surface area contributed by atoms with Crippen LogP contribution in [0.5, 0.6) is 0 Å². The Balaban J connectivity index is 1.66. The molecule has 0 aliphatic carbocycles. The van der Waals surface area contributed by atoms with Gasteiger partial charge in [-0.05, 0) is 41.3 Å². The van der Waals surface area contributed by atoms with E-state index in [1.165, 1.54) is 28.4 Å². The van der Waals surface area contributed by atoms with Crippen molar-refractivity contribution >= 4 is 61.3 Å². The number of amides is 1. The van der Waals surface area contributed by atoms with Gasteiger partial charge in [0.15, 0.2) is 5.13 Å². The summed E-state index contributed by atoms with van der Waals surface area (Å²) < 4.78 is 32.9. The Morgan fingerprint density at radius 3 is 2.47 bits per heavy atom. The standard InChI is InChI=1S/C21H16ClN3O4S3/c22-17-5-2-1-4-16(17)20(26)25(21-23-18(13-31-21)19-6-3-11-30-19)12-14-7-9-15(10-8-14)24-32(27,28)29/h1-11,13,24H,12H2,(H,27,28,29). The normalized spacial score (nSPS) is 11.3. The Morgan fingerprint density at radius 1 is 1.06 bits per heavy atom. The van der Waals surface area contributed by atoms with Crippen molar-refractivity contribution in [2.75, 3.05) is 9.62 Å². The molecule has 11 heteroatoms. The third-order valence-corrected chi connectivity index (χ3v) is 6.97. The largest absolute Gasteiger partial charge is 0.357 e. The zero-order chi connectivity index (χ0) is 22.7. The van der Waals surface area contributed by atoms with Crippen molar-refractivity contribution in [3.05, 3.63) is 87.6 Å². The van der Waals surface area contributed by atoms with Crippen LogP contribution >= 0.6 is 34.3 Å². The van der Waals surface area contributed by atoms with Gasteiger partial charge in [-0.2, -0.15) is 8.42 Å². The van der Waals surface area contributed by atoms with Crippen LogP contribution in [0.4, 0.5) is 10.8 Å². The highest BCUT2D eigenvalue weighted by Gasteiger charge is 2.23. The first kappa shape index (κ1) is 22.4. The molecule has 7 nitrogen and oxygen atoms in total. The average Bonchev–Trinajstić information content (AvgIpc) is 3.44. The minimum Gasteiger partial charge on any atom is -0.279 e. The molecule has 0 aliphatic heterocycles. The van der Waals surface area contributed by atoms with Crippen LogP contribution in [0.2, 0.25) is 5.02 Å². The van der Waals surface area contributed by atoms with Gasteiger partial charge in [0.1, 0.15) is 0 Å². The molecule has 0 saturated carbocycles. The van der Waals surface area contributed by atoms with Gasteiger partial charge in [0.2, 0.25) is 0 Å². The smallest absolute Gasteiger partial charge is 0.279 e. The number of thiazole rings is 1. The number of hydrogen-bond acceptors (Lipinski definition) is 6. The Bertz CT molecular complexity index is 1340. The molecular formula is C21H16ClN3O4S3. The third kappa shape index (κ3) is 5.34. The number of nitrogens with zero attached hydrogens (tertiary/aromatic N) is 2. The summed E-state index contributed by atoms with van der Waals surface area (Å²) in [5.74, 6) is -0.303. The predicted molar refractivity (Wildman–Crippen MR) is 129 cm³/mol. The molecule has 0 bridgehead atoms. The van der Waals surface area contributed by atoms with E-state index in [2.05, 4.69) is 4.98 Å². The van der Waals surface area contributed by atoms with E-state index in [9.17, 15) is 13.2 Å². The SMILES string of the molecule is O=C(c1ccccc1Cl)N(Cc1ccc(NS(=O)(=O)O)cc1)c1nc(-c2cccs2)cs1. The monoisotopic (exact) mass is 505 g/mol.